The summed E-state index contributed by atoms with van der Waals surface area (Å²) >= 11 is 0. The molecular weight excluding hydrogens is 240 g/mol. The van der Waals surface area contributed by atoms with Gasteiger partial charge in [-0.1, -0.05) is 30.3 Å². The second-order valence-electron chi connectivity index (χ2n) is 4.54. The van der Waals surface area contributed by atoms with E-state index >= 15 is 0 Å². The molecule has 19 heavy (non-hydrogen) atoms. The number of hydrogen-bond donors (Lipinski definition) is 2. The minimum atomic E-state index is -0.0933. The molecule has 0 spiro atoms. The molecule has 2 aromatic rings. The van der Waals surface area contributed by atoms with E-state index in [4.69, 9.17) is 0 Å². The van der Waals surface area contributed by atoms with E-state index in [1.54, 1.807) is 17.0 Å². The lowest BCUT2D eigenvalue weighted by Crippen LogP contribution is -2.27. The number of rotatable bonds is 2. The molecule has 96 valence electrons. The van der Waals surface area contributed by atoms with Crippen LogP contribution in [0.4, 0.5) is 10.5 Å². The number of phenols is 1. The minimum Gasteiger partial charge on any atom is -0.508 e. The van der Waals surface area contributed by atoms with E-state index < -0.39 is 0 Å². The molecule has 1 fully saturated rings. The molecule has 0 aromatic heterocycles. The van der Waals surface area contributed by atoms with Crippen LogP contribution in [0.5, 0.6) is 5.75 Å². The second-order valence-corrected chi connectivity index (χ2v) is 4.54. The van der Waals surface area contributed by atoms with Crippen LogP contribution in [0.15, 0.2) is 54.6 Å². The zero-order valence-corrected chi connectivity index (χ0v) is 10.3. The fourth-order valence-electron chi connectivity index (χ4n) is 2.26. The number of hydrogen-bond acceptors (Lipinski definition) is 2. The second kappa shape index (κ2) is 4.65. The van der Waals surface area contributed by atoms with Crippen molar-refractivity contribution in [3.8, 4) is 5.75 Å². The monoisotopic (exact) mass is 254 g/mol. The van der Waals surface area contributed by atoms with E-state index in [9.17, 15) is 9.90 Å². The Morgan fingerprint density at radius 2 is 1.74 bits per heavy atom. The minimum absolute atomic E-state index is 0.0479. The molecule has 4 nitrogen and oxygen atoms in total. The SMILES string of the molecule is O=C1N[C@@H](c2ccc(O)cc2)CN1c1ccccc1. The summed E-state index contributed by atoms with van der Waals surface area (Å²) in [5, 5.41) is 12.2. The van der Waals surface area contributed by atoms with Gasteiger partial charge in [-0.25, -0.2) is 4.79 Å². The van der Waals surface area contributed by atoms with Crippen molar-refractivity contribution >= 4 is 11.7 Å². The molecule has 1 atom stereocenters. The van der Waals surface area contributed by atoms with Crippen molar-refractivity contribution in [3.05, 3.63) is 60.2 Å². The first-order chi connectivity index (χ1) is 9.24. The third-order valence-corrected chi connectivity index (χ3v) is 3.27. The van der Waals surface area contributed by atoms with Gasteiger partial charge in [0.15, 0.2) is 0 Å². The number of amides is 2. The molecule has 2 N–H and O–H groups in total. The summed E-state index contributed by atoms with van der Waals surface area (Å²) < 4.78 is 0. The molecular formula is C15H14N2O2. The van der Waals surface area contributed by atoms with Gasteiger partial charge in [0.1, 0.15) is 5.75 Å². The maximum Gasteiger partial charge on any atom is 0.322 e. The van der Waals surface area contributed by atoms with Crippen molar-refractivity contribution in [1.29, 1.82) is 0 Å². The number of carbonyl (C=O) groups is 1. The largest absolute Gasteiger partial charge is 0.508 e. The maximum atomic E-state index is 12.0. The quantitative estimate of drug-likeness (QED) is 0.865. The van der Waals surface area contributed by atoms with Crippen molar-refractivity contribution in [3.63, 3.8) is 0 Å². The summed E-state index contributed by atoms with van der Waals surface area (Å²) in [6, 6.07) is 16.4. The van der Waals surface area contributed by atoms with Crippen LogP contribution < -0.4 is 10.2 Å². The summed E-state index contributed by atoms with van der Waals surface area (Å²) in [7, 11) is 0. The van der Waals surface area contributed by atoms with Crippen LogP contribution in [0.1, 0.15) is 11.6 Å². The predicted molar refractivity (Wildman–Crippen MR) is 73.2 cm³/mol. The highest BCUT2D eigenvalue weighted by molar-refractivity contribution is 5.94. The number of benzene rings is 2. The molecule has 0 bridgehead atoms. The zero-order chi connectivity index (χ0) is 13.2. The molecule has 2 amide bonds. The van der Waals surface area contributed by atoms with Crippen molar-refractivity contribution in [2.75, 3.05) is 11.4 Å². The Labute approximate surface area is 111 Å². The van der Waals surface area contributed by atoms with Gasteiger partial charge in [0.05, 0.1) is 12.6 Å². The van der Waals surface area contributed by atoms with Crippen molar-refractivity contribution in [2.45, 2.75) is 6.04 Å². The van der Waals surface area contributed by atoms with Gasteiger partial charge in [0.2, 0.25) is 0 Å². The van der Waals surface area contributed by atoms with Crippen LogP contribution in [0.3, 0.4) is 0 Å². The van der Waals surface area contributed by atoms with E-state index in [1.807, 2.05) is 42.5 Å². The smallest absolute Gasteiger partial charge is 0.322 e. The summed E-state index contributed by atoms with van der Waals surface area (Å²) in [6.45, 7) is 0.591. The molecule has 1 aliphatic rings. The van der Waals surface area contributed by atoms with Crippen LogP contribution in [-0.4, -0.2) is 17.7 Å². The maximum absolute atomic E-state index is 12.0. The highest BCUT2D eigenvalue weighted by Crippen LogP contribution is 2.26. The molecule has 1 aliphatic heterocycles. The van der Waals surface area contributed by atoms with Crippen LogP contribution in [0, 0.1) is 0 Å². The van der Waals surface area contributed by atoms with Gasteiger partial charge in [-0.15, -0.1) is 0 Å². The Bertz CT molecular complexity index is 581. The fraction of sp³-hybridized carbons (Fsp3) is 0.133. The van der Waals surface area contributed by atoms with Crippen LogP contribution >= 0.6 is 0 Å². The lowest BCUT2D eigenvalue weighted by Gasteiger charge is -2.14. The van der Waals surface area contributed by atoms with Gasteiger partial charge >= 0.3 is 6.03 Å². The van der Waals surface area contributed by atoms with Crippen molar-refractivity contribution in [2.24, 2.45) is 0 Å². The van der Waals surface area contributed by atoms with E-state index in [1.165, 1.54) is 0 Å². The van der Waals surface area contributed by atoms with E-state index in [0.717, 1.165) is 11.3 Å². The Kier molecular flexibility index (Phi) is 2.83. The number of para-hydroxylation sites is 1. The molecule has 3 rings (SSSR count). The number of carbonyl (C=O) groups excluding carboxylic acids is 1. The average Bonchev–Trinajstić information content (AvgIpc) is 2.83. The summed E-state index contributed by atoms with van der Waals surface area (Å²) in [5.74, 6) is 0.230. The van der Waals surface area contributed by atoms with Crippen molar-refractivity contribution in [1.82, 2.24) is 5.32 Å². The van der Waals surface area contributed by atoms with Crippen molar-refractivity contribution < 1.29 is 9.90 Å². The number of anilines is 1. The Morgan fingerprint density at radius 1 is 1.05 bits per heavy atom. The van der Waals surface area contributed by atoms with Gasteiger partial charge in [-0.05, 0) is 29.8 Å². The van der Waals surface area contributed by atoms with Gasteiger partial charge < -0.3 is 10.4 Å². The summed E-state index contributed by atoms with van der Waals surface area (Å²) in [4.78, 5) is 13.7. The van der Waals surface area contributed by atoms with Crippen LogP contribution in [0.25, 0.3) is 0 Å². The number of urea groups is 1. The topological polar surface area (TPSA) is 52.6 Å². The average molecular weight is 254 g/mol. The zero-order valence-electron chi connectivity index (χ0n) is 10.3. The first-order valence-corrected chi connectivity index (χ1v) is 6.16. The van der Waals surface area contributed by atoms with Crippen LogP contribution in [0.2, 0.25) is 0 Å². The Balaban J connectivity index is 1.82. The molecule has 0 unspecified atom stereocenters. The molecule has 0 aliphatic carbocycles. The standard InChI is InChI=1S/C15H14N2O2/c18-13-8-6-11(7-9-13)14-10-17(15(19)16-14)12-4-2-1-3-5-12/h1-9,14,18H,10H2,(H,16,19)/t14-/m1/s1. The lowest BCUT2D eigenvalue weighted by atomic mass is 10.1. The number of aromatic hydroxyl groups is 1. The third-order valence-electron chi connectivity index (χ3n) is 3.27. The third kappa shape index (κ3) is 2.25. The highest BCUT2D eigenvalue weighted by Gasteiger charge is 2.30. The number of nitrogens with one attached hydrogen (secondary N) is 1. The lowest BCUT2D eigenvalue weighted by molar-refractivity contribution is 0.251. The summed E-state index contributed by atoms with van der Waals surface area (Å²) in [5.41, 5.74) is 1.88. The van der Waals surface area contributed by atoms with E-state index in [2.05, 4.69) is 5.32 Å². The van der Waals surface area contributed by atoms with Crippen LogP contribution in [-0.2, 0) is 0 Å². The predicted octanol–water partition coefficient (Wildman–Crippen LogP) is 2.66. The number of phenolic OH excluding ortho intramolecular Hbond substituents is 1. The summed E-state index contributed by atoms with van der Waals surface area (Å²) in [6.07, 6.45) is 0. The molecule has 4 heteroatoms. The van der Waals surface area contributed by atoms with Gasteiger partial charge in [-0.2, -0.15) is 0 Å². The Morgan fingerprint density at radius 3 is 2.42 bits per heavy atom. The molecule has 2 aromatic carbocycles. The van der Waals surface area contributed by atoms with Gasteiger partial charge in [0, 0.05) is 5.69 Å². The van der Waals surface area contributed by atoms with Gasteiger partial charge in [0.25, 0.3) is 0 Å². The Hall–Kier alpha value is -2.49. The molecule has 0 radical (unpaired) electrons. The molecule has 1 heterocycles. The normalized spacial score (nSPS) is 18.4. The number of nitrogens with zero attached hydrogens (tertiary/aromatic N) is 1. The first-order valence-electron chi connectivity index (χ1n) is 6.16. The fourth-order valence-corrected chi connectivity index (χ4v) is 2.26. The molecule has 1 saturated heterocycles. The van der Waals surface area contributed by atoms with Gasteiger partial charge in [-0.3, -0.25) is 4.90 Å². The molecule has 0 saturated carbocycles. The van der Waals surface area contributed by atoms with E-state index in [0.29, 0.717) is 6.54 Å². The highest BCUT2D eigenvalue weighted by atomic mass is 16.3. The first kappa shape index (κ1) is 11.6. The van der Waals surface area contributed by atoms with E-state index in [-0.39, 0.29) is 17.8 Å².